The largest absolute Gasteiger partial charge is 0.416 e. The second kappa shape index (κ2) is 11.7. The lowest BCUT2D eigenvalue weighted by atomic mass is 10.0. The number of benzene rings is 1. The fraction of sp³-hybridized carbons (Fsp3) is 0.406. The first-order chi connectivity index (χ1) is 22.3. The molecule has 0 saturated carbocycles. The summed E-state index contributed by atoms with van der Waals surface area (Å²) in [4.78, 5) is 17.4. The normalized spacial score (nSPS) is 19.5. The maximum Gasteiger partial charge on any atom is 0.416 e. The maximum absolute atomic E-state index is 14.1. The maximum atomic E-state index is 14.1. The smallest absolute Gasteiger partial charge is 0.389 e. The summed E-state index contributed by atoms with van der Waals surface area (Å²) < 4.78 is 51.8. The number of aliphatic hydroxyl groups is 1. The first-order valence-electron chi connectivity index (χ1n) is 15.4. The summed E-state index contributed by atoms with van der Waals surface area (Å²) in [6.45, 7) is 7.12. The number of piperazine rings is 1. The van der Waals surface area contributed by atoms with Crippen LogP contribution >= 0.6 is 0 Å². The summed E-state index contributed by atoms with van der Waals surface area (Å²) in [5.41, 5.74) is 8.72. The molecule has 2 aliphatic rings. The summed E-state index contributed by atoms with van der Waals surface area (Å²) in [5.74, 6) is 0.316. The van der Waals surface area contributed by atoms with Crippen molar-refractivity contribution >= 4 is 33.9 Å². The molecular formula is C32H37F3N10O2. The number of aromatic nitrogens is 5. The highest BCUT2D eigenvalue weighted by molar-refractivity contribution is 6.00. The van der Waals surface area contributed by atoms with Crippen molar-refractivity contribution in [1.82, 2.24) is 33.7 Å². The molecule has 47 heavy (non-hydrogen) atoms. The molecule has 1 aromatic carbocycles. The van der Waals surface area contributed by atoms with Crippen LogP contribution in [-0.2, 0) is 24.0 Å². The summed E-state index contributed by atoms with van der Waals surface area (Å²) >= 11 is 0. The fourth-order valence-electron chi connectivity index (χ4n) is 6.19. The number of fused-ring (bicyclic) bond motifs is 2. The first kappa shape index (κ1) is 31.2. The van der Waals surface area contributed by atoms with E-state index in [4.69, 9.17) is 10.5 Å². The zero-order valence-electron chi connectivity index (χ0n) is 26.3. The number of nitrogen functional groups attached to an aromatic ring is 1. The Morgan fingerprint density at radius 3 is 2.51 bits per heavy atom. The number of alkyl halides is 3. The molecule has 0 radical (unpaired) electrons. The van der Waals surface area contributed by atoms with Crippen LogP contribution in [0.1, 0.15) is 25.0 Å². The highest BCUT2D eigenvalue weighted by Gasteiger charge is 2.41. The predicted octanol–water partition coefficient (Wildman–Crippen LogP) is 4.07. The lowest BCUT2D eigenvalue weighted by molar-refractivity contribution is -0.138. The number of nitrogens with two attached hydrogens (primary N) is 1. The van der Waals surface area contributed by atoms with E-state index in [1.165, 1.54) is 6.33 Å². The lowest BCUT2D eigenvalue weighted by Crippen LogP contribution is -2.44. The van der Waals surface area contributed by atoms with Gasteiger partial charge in [0.05, 0.1) is 34.5 Å². The SMILES string of the molecule is CN1CCN(Cc2ccc(NC3OC3Nc3ccc(-c4cn(CC(C)(C)O)c5ncnc(N)c45)n4ccnc34)cc2C(F)(F)F)CC1. The molecule has 5 N–H and O–H groups in total. The third-order valence-corrected chi connectivity index (χ3v) is 8.57. The number of nitrogens with zero attached hydrogens (tertiary/aromatic N) is 7. The molecule has 0 spiro atoms. The number of hydrogen-bond acceptors (Lipinski definition) is 10. The Balaban J connectivity index is 1.09. The van der Waals surface area contributed by atoms with E-state index in [0.717, 1.165) is 43.5 Å². The van der Waals surface area contributed by atoms with Crippen molar-refractivity contribution in [2.75, 3.05) is 49.6 Å². The van der Waals surface area contributed by atoms with Crippen molar-refractivity contribution in [2.24, 2.45) is 0 Å². The molecule has 2 saturated heterocycles. The lowest BCUT2D eigenvalue weighted by Gasteiger charge is -2.33. The predicted molar refractivity (Wildman–Crippen MR) is 173 cm³/mol. The molecule has 2 unspecified atom stereocenters. The van der Waals surface area contributed by atoms with Crippen molar-refractivity contribution in [2.45, 2.75) is 51.2 Å². The van der Waals surface area contributed by atoms with E-state index in [2.05, 4.69) is 35.4 Å². The van der Waals surface area contributed by atoms with E-state index in [1.807, 2.05) is 40.5 Å². The van der Waals surface area contributed by atoms with Crippen LogP contribution in [0.15, 0.2) is 55.2 Å². The van der Waals surface area contributed by atoms with Crippen LogP contribution in [0.4, 0.5) is 30.4 Å². The molecule has 5 aromatic rings. The van der Waals surface area contributed by atoms with Crippen LogP contribution < -0.4 is 16.4 Å². The minimum atomic E-state index is -4.48. The van der Waals surface area contributed by atoms with Crippen LogP contribution in [0, 0.1) is 0 Å². The zero-order chi connectivity index (χ0) is 33.1. The van der Waals surface area contributed by atoms with Gasteiger partial charge in [0.1, 0.15) is 17.8 Å². The molecule has 6 heterocycles. The number of epoxide rings is 1. The minimum Gasteiger partial charge on any atom is -0.389 e. The summed E-state index contributed by atoms with van der Waals surface area (Å²) in [5, 5.41) is 17.5. The number of hydrogen-bond donors (Lipinski definition) is 4. The van der Waals surface area contributed by atoms with Gasteiger partial charge in [-0.1, -0.05) is 6.07 Å². The minimum absolute atomic E-state index is 0.253. The van der Waals surface area contributed by atoms with Gasteiger partial charge in [-0.05, 0) is 50.7 Å². The van der Waals surface area contributed by atoms with Gasteiger partial charge >= 0.3 is 6.18 Å². The highest BCUT2D eigenvalue weighted by atomic mass is 19.4. The van der Waals surface area contributed by atoms with Gasteiger partial charge in [0, 0.05) is 62.6 Å². The second-order valence-electron chi connectivity index (χ2n) is 12.9. The van der Waals surface area contributed by atoms with Gasteiger partial charge in [-0.15, -0.1) is 0 Å². The Kier molecular flexibility index (Phi) is 7.74. The number of halogens is 3. The van der Waals surface area contributed by atoms with Gasteiger partial charge < -0.3 is 35.7 Å². The van der Waals surface area contributed by atoms with Crippen molar-refractivity contribution < 1.29 is 23.0 Å². The quantitative estimate of drug-likeness (QED) is 0.173. The standard InChI is InChI=1S/C32H37F3N10O2/c1-31(2,46)17-44-16-21(25-26(36)38-18-39-28(25)44)24-7-6-23(27-37-8-9-45(24)27)41-30-29(47-30)40-20-5-4-19(22(14-20)32(33,34)35)15-43-12-10-42(3)11-13-43/h4-9,14,16,18,29-30,40-41,46H,10-13,15,17H2,1-3H3,(H2,36,38,39). The van der Waals surface area contributed by atoms with E-state index in [9.17, 15) is 18.3 Å². The van der Waals surface area contributed by atoms with Crippen molar-refractivity contribution in [3.8, 4) is 11.3 Å². The Labute approximate surface area is 269 Å². The third-order valence-electron chi connectivity index (χ3n) is 8.57. The van der Waals surface area contributed by atoms with E-state index in [1.54, 1.807) is 32.2 Å². The topological polar surface area (TPSA) is 137 Å². The molecule has 2 fully saturated rings. The average molecular weight is 651 g/mol. The number of likely N-dealkylation sites (N-methyl/N-ethyl adjacent to an activating group) is 1. The van der Waals surface area contributed by atoms with Crippen molar-refractivity contribution in [3.63, 3.8) is 0 Å². The average Bonchev–Trinajstić information content (AvgIpc) is 3.36. The summed E-state index contributed by atoms with van der Waals surface area (Å²) in [6, 6.07) is 8.16. The molecule has 4 aromatic heterocycles. The molecule has 248 valence electrons. The number of rotatable bonds is 9. The number of pyridine rings is 1. The van der Waals surface area contributed by atoms with Gasteiger partial charge in [0.15, 0.2) is 18.1 Å². The number of nitrogens with one attached hydrogen (secondary N) is 2. The number of anilines is 3. The first-order valence-corrected chi connectivity index (χ1v) is 15.4. The van der Waals surface area contributed by atoms with Crippen LogP contribution in [0.2, 0.25) is 0 Å². The Hall–Kier alpha value is -4.44. The monoisotopic (exact) mass is 650 g/mol. The molecule has 2 atom stereocenters. The van der Waals surface area contributed by atoms with Crippen molar-refractivity contribution in [1.29, 1.82) is 0 Å². The van der Waals surface area contributed by atoms with Gasteiger partial charge in [-0.3, -0.25) is 9.30 Å². The Bertz CT molecular complexity index is 1920. The number of imidazole rings is 1. The molecular weight excluding hydrogens is 613 g/mol. The number of ether oxygens (including phenoxy) is 1. The molecule has 0 aliphatic carbocycles. The summed E-state index contributed by atoms with van der Waals surface area (Å²) in [7, 11) is 2.02. The molecule has 7 rings (SSSR count). The van der Waals surface area contributed by atoms with E-state index in [0.29, 0.717) is 40.4 Å². The molecule has 0 amide bonds. The van der Waals surface area contributed by atoms with Crippen molar-refractivity contribution in [3.05, 3.63) is 66.4 Å². The van der Waals surface area contributed by atoms with E-state index >= 15 is 0 Å². The van der Waals surface area contributed by atoms with Gasteiger partial charge in [-0.2, -0.15) is 13.2 Å². The molecule has 15 heteroatoms. The van der Waals surface area contributed by atoms with Crippen LogP contribution in [0.5, 0.6) is 0 Å². The van der Waals surface area contributed by atoms with E-state index < -0.39 is 29.8 Å². The fourth-order valence-corrected chi connectivity index (χ4v) is 6.19. The summed E-state index contributed by atoms with van der Waals surface area (Å²) in [6.07, 6.45) is 1.28. The molecule has 12 nitrogen and oxygen atoms in total. The van der Waals surface area contributed by atoms with E-state index in [-0.39, 0.29) is 12.1 Å². The highest BCUT2D eigenvalue weighted by Crippen LogP contribution is 2.38. The van der Waals surface area contributed by atoms with Crippen LogP contribution in [-0.4, -0.2) is 90.1 Å². The van der Waals surface area contributed by atoms with Crippen LogP contribution in [0.25, 0.3) is 27.9 Å². The van der Waals surface area contributed by atoms with Gasteiger partial charge in [0.25, 0.3) is 0 Å². The molecule has 0 bridgehead atoms. The van der Waals surface area contributed by atoms with Gasteiger partial charge in [-0.25, -0.2) is 15.0 Å². The van der Waals surface area contributed by atoms with Gasteiger partial charge in [0.2, 0.25) is 0 Å². The third kappa shape index (κ3) is 6.43. The Morgan fingerprint density at radius 2 is 1.77 bits per heavy atom. The van der Waals surface area contributed by atoms with Crippen LogP contribution in [0.3, 0.4) is 0 Å². The molecule has 2 aliphatic heterocycles. The second-order valence-corrected chi connectivity index (χ2v) is 12.9. The zero-order valence-corrected chi connectivity index (χ0v) is 26.3. The Morgan fingerprint density at radius 1 is 1.00 bits per heavy atom.